The molecule has 0 aliphatic carbocycles. The molecule has 0 unspecified atom stereocenters. The van der Waals surface area contributed by atoms with Gasteiger partial charge in [-0.1, -0.05) is 0 Å². The molecule has 2 aromatic carbocycles. The van der Waals surface area contributed by atoms with E-state index in [1.54, 1.807) is 18.2 Å². The Labute approximate surface area is 169 Å². The van der Waals surface area contributed by atoms with Crippen molar-refractivity contribution in [1.82, 2.24) is 5.32 Å². The van der Waals surface area contributed by atoms with Crippen molar-refractivity contribution in [3.8, 4) is 23.0 Å². The molecule has 1 N–H and O–H groups in total. The van der Waals surface area contributed by atoms with Gasteiger partial charge in [-0.25, -0.2) is 0 Å². The number of carbonyl (C=O) groups excluding carboxylic acids is 2. The fourth-order valence-corrected chi connectivity index (χ4v) is 3.17. The van der Waals surface area contributed by atoms with Crippen LogP contribution in [0.15, 0.2) is 30.3 Å². The molecule has 154 valence electrons. The van der Waals surface area contributed by atoms with E-state index >= 15 is 0 Å². The van der Waals surface area contributed by atoms with E-state index in [2.05, 4.69) is 5.32 Å². The van der Waals surface area contributed by atoms with Crippen LogP contribution in [0.2, 0.25) is 0 Å². The molecular weight excluding hydrogens is 374 g/mol. The third-order valence-corrected chi connectivity index (χ3v) is 4.54. The number of amides is 1. The van der Waals surface area contributed by atoms with Crippen LogP contribution < -0.4 is 24.3 Å². The Bertz CT molecular complexity index is 895. The molecule has 1 aliphatic heterocycles. The summed E-state index contributed by atoms with van der Waals surface area (Å²) < 4.78 is 22.3. The van der Waals surface area contributed by atoms with Crippen molar-refractivity contribution in [2.75, 3.05) is 20.3 Å². The number of nitrogens with one attached hydrogen (secondary N) is 1. The van der Waals surface area contributed by atoms with Crippen molar-refractivity contribution in [3.05, 3.63) is 47.0 Å². The Morgan fingerprint density at radius 3 is 2.76 bits per heavy atom. The highest BCUT2D eigenvalue weighted by molar-refractivity contribution is 5.78. The van der Waals surface area contributed by atoms with Gasteiger partial charge >= 0.3 is 0 Å². The molecule has 3 rings (SSSR count). The van der Waals surface area contributed by atoms with Gasteiger partial charge in [-0.3, -0.25) is 9.59 Å². The van der Waals surface area contributed by atoms with Crippen LogP contribution in [0.25, 0.3) is 0 Å². The highest BCUT2D eigenvalue weighted by atomic mass is 16.5. The standard InChI is InChI=1S/C22H25NO6/c1-4-27-19-9-16-7-14(2)29-20(16)10-17(19)11-23-22(25)13-28-18-6-5-15(12-24)8-21(18)26-3/h5-6,8-10,12,14H,4,7,11,13H2,1-3H3,(H,23,25)/t14-/m1/s1. The number of aldehydes is 1. The van der Waals surface area contributed by atoms with Gasteiger partial charge in [0.15, 0.2) is 18.1 Å². The van der Waals surface area contributed by atoms with E-state index in [4.69, 9.17) is 18.9 Å². The van der Waals surface area contributed by atoms with Crippen molar-refractivity contribution in [3.63, 3.8) is 0 Å². The van der Waals surface area contributed by atoms with Crippen LogP contribution in [0.5, 0.6) is 23.0 Å². The molecule has 1 heterocycles. The molecule has 1 aliphatic rings. The van der Waals surface area contributed by atoms with E-state index in [1.807, 2.05) is 26.0 Å². The summed E-state index contributed by atoms with van der Waals surface area (Å²) in [5, 5.41) is 2.83. The first-order valence-corrected chi connectivity index (χ1v) is 9.52. The average Bonchev–Trinajstić information content (AvgIpc) is 3.09. The fourth-order valence-electron chi connectivity index (χ4n) is 3.17. The summed E-state index contributed by atoms with van der Waals surface area (Å²) in [6.07, 6.45) is 1.70. The minimum absolute atomic E-state index is 0.137. The monoisotopic (exact) mass is 399 g/mol. The Balaban J connectivity index is 1.61. The zero-order chi connectivity index (χ0) is 20.8. The predicted octanol–water partition coefficient (Wildman–Crippen LogP) is 2.93. The largest absolute Gasteiger partial charge is 0.494 e. The fraction of sp³-hybridized carbons (Fsp3) is 0.364. The molecule has 0 saturated heterocycles. The molecular formula is C22H25NO6. The van der Waals surface area contributed by atoms with E-state index in [0.717, 1.165) is 35.3 Å². The molecule has 0 fully saturated rings. The molecule has 2 aromatic rings. The van der Waals surface area contributed by atoms with Crippen LogP contribution in [0.1, 0.15) is 35.3 Å². The van der Waals surface area contributed by atoms with Gasteiger partial charge in [-0.15, -0.1) is 0 Å². The summed E-state index contributed by atoms with van der Waals surface area (Å²) in [4.78, 5) is 23.1. The maximum atomic E-state index is 12.3. The van der Waals surface area contributed by atoms with Gasteiger partial charge in [0.05, 0.1) is 13.7 Å². The molecule has 0 aromatic heterocycles. The van der Waals surface area contributed by atoms with Gasteiger partial charge in [0.25, 0.3) is 5.91 Å². The number of rotatable bonds is 9. The van der Waals surface area contributed by atoms with E-state index in [0.29, 0.717) is 30.2 Å². The van der Waals surface area contributed by atoms with Crippen molar-refractivity contribution in [1.29, 1.82) is 0 Å². The lowest BCUT2D eigenvalue weighted by atomic mass is 10.1. The number of benzene rings is 2. The molecule has 0 spiro atoms. The Kier molecular flexibility index (Phi) is 6.59. The van der Waals surface area contributed by atoms with Gasteiger partial charge in [-0.05, 0) is 44.2 Å². The van der Waals surface area contributed by atoms with Crippen molar-refractivity contribution >= 4 is 12.2 Å². The maximum absolute atomic E-state index is 12.3. The minimum Gasteiger partial charge on any atom is -0.494 e. The van der Waals surface area contributed by atoms with Crippen LogP contribution in [-0.4, -0.2) is 38.6 Å². The van der Waals surface area contributed by atoms with Crippen molar-refractivity contribution in [2.45, 2.75) is 32.9 Å². The smallest absolute Gasteiger partial charge is 0.258 e. The Morgan fingerprint density at radius 1 is 1.21 bits per heavy atom. The van der Waals surface area contributed by atoms with Crippen LogP contribution in [0.3, 0.4) is 0 Å². The number of methoxy groups -OCH3 is 1. The van der Waals surface area contributed by atoms with Crippen molar-refractivity contribution < 1.29 is 28.5 Å². The van der Waals surface area contributed by atoms with Crippen LogP contribution in [0.4, 0.5) is 0 Å². The quantitative estimate of drug-likeness (QED) is 0.653. The number of hydrogen-bond acceptors (Lipinski definition) is 6. The third-order valence-electron chi connectivity index (χ3n) is 4.54. The van der Waals surface area contributed by atoms with Crippen LogP contribution in [0, 0.1) is 0 Å². The molecule has 1 atom stereocenters. The van der Waals surface area contributed by atoms with Gasteiger partial charge in [-0.2, -0.15) is 0 Å². The molecule has 1 amide bonds. The van der Waals surface area contributed by atoms with E-state index in [-0.39, 0.29) is 18.6 Å². The lowest BCUT2D eigenvalue weighted by Crippen LogP contribution is -2.28. The van der Waals surface area contributed by atoms with E-state index in [9.17, 15) is 9.59 Å². The van der Waals surface area contributed by atoms with Gasteiger partial charge < -0.3 is 24.3 Å². The lowest BCUT2D eigenvalue weighted by Gasteiger charge is -2.14. The second kappa shape index (κ2) is 9.32. The first-order chi connectivity index (χ1) is 14.0. The van der Waals surface area contributed by atoms with Gasteiger partial charge in [0.2, 0.25) is 0 Å². The number of fused-ring (bicyclic) bond motifs is 1. The van der Waals surface area contributed by atoms with E-state index in [1.165, 1.54) is 7.11 Å². The second-order valence-corrected chi connectivity index (χ2v) is 6.73. The SMILES string of the molecule is CCOc1cc2c(cc1CNC(=O)COc1ccc(C=O)cc1OC)O[C@H](C)C2. The number of hydrogen-bond donors (Lipinski definition) is 1. The zero-order valence-corrected chi connectivity index (χ0v) is 16.8. The second-order valence-electron chi connectivity index (χ2n) is 6.73. The summed E-state index contributed by atoms with van der Waals surface area (Å²) in [5.41, 5.74) is 2.43. The molecule has 29 heavy (non-hydrogen) atoms. The summed E-state index contributed by atoms with van der Waals surface area (Å²) >= 11 is 0. The van der Waals surface area contributed by atoms with Gasteiger partial charge in [0, 0.05) is 29.7 Å². The van der Waals surface area contributed by atoms with Gasteiger partial charge in [0.1, 0.15) is 23.9 Å². The maximum Gasteiger partial charge on any atom is 0.258 e. The molecule has 0 bridgehead atoms. The topological polar surface area (TPSA) is 83.1 Å². The number of ether oxygens (including phenoxy) is 4. The van der Waals surface area contributed by atoms with Crippen LogP contribution >= 0.6 is 0 Å². The average molecular weight is 399 g/mol. The minimum atomic E-state index is -0.288. The normalized spacial score (nSPS) is 14.5. The molecule has 0 radical (unpaired) electrons. The molecule has 7 nitrogen and oxygen atoms in total. The van der Waals surface area contributed by atoms with Crippen LogP contribution in [-0.2, 0) is 17.8 Å². The summed E-state index contributed by atoms with van der Waals surface area (Å²) in [6, 6.07) is 8.66. The summed E-state index contributed by atoms with van der Waals surface area (Å²) in [7, 11) is 1.48. The van der Waals surface area contributed by atoms with E-state index < -0.39 is 0 Å². The predicted molar refractivity (Wildman–Crippen MR) is 107 cm³/mol. The Hall–Kier alpha value is -3.22. The Morgan fingerprint density at radius 2 is 2.03 bits per heavy atom. The highest BCUT2D eigenvalue weighted by Gasteiger charge is 2.22. The highest BCUT2D eigenvalue weighted by Crippen LogP contribution is 2.35. The lowest BCUT2D eigenvalue weighted by molar-refractivity contribution is -0.123. The zero-order valence-electron chi connectivity index (χ0n) is 16.8. The molecule has 0 saturated carbocycles. The number of carbonyl (C=O) groups is 2. The molecule has 7 heteroatoms. The summed E-state index contributed by atoms with van der Waals surface area (Å²) in [5.74, 6) is 2.08. The summed E-state index contributed by atoms with van der Waals surface area (Å²) in [6.45, 7) is 4.60. The first kappa shape index (κ1) is 20.5. The first-order valence-electron chi connectivity index (χ1n) is 9.52. The van der Waals surface area contributed by atoms with Crippen molar-refractivity contribution in [2.24, 2.45) is 0 Å². The third kappa shape index (κ3) is 4.99.